The maximum atomic E-state index is 13.5. The van der Waals surface area contributed by atoms with Crippen LogP contribution in [-0.4, -0.2) is 23.0 Å². The Morgan fingerprint density at radius 1 is 0.721 bits per heavy atom. The van der Waals surface area contributed by atoms with Crippen LogP contribution < -0.4 is 16.0 Å². The molecule has 0 aliphatic rings. The second kappa shape index (κ2) is 14.0. The second-order valence-corrected chi connectivity index (χ2v) is 12.0. The first-order chi connectivity index (χ1) is 20.9. The van der Waals surface area contributed by atoms with Gasteiger partial charge in [-0.3, -0.25) is 14.4 Å². The fraction of sp³-hybridized carbons (Fsp3) is 0.0571. The van der Waals surface area contributed by atoms with Crippen molar-refractivity contribution in [2.24, 2.45) is 0 Å². The molecule has 5 rings (SSSR count). The minimum atomic E-state index is -0.458. The molecule has 0 fully saturated rings. The van der Waals surface area contributed by atoms with E-state index in [2.05, 4.69) is 31.9 Å². The van der Waals surface area contributed by atoms with Crippen LogP contribution in [0.4, 0.5) is 11.4 Å². The molecular weight excluding hydrogens is 622 g/mol. The van der Waals surface area contributed by atoms with E-state index in [0.29, 0.717) is 11.3 Å². The van der Waals surface area contributed by atoms with Crippen molar-refractivity contribution in [1.82, 2.24) is 5.32 Å². The Kier molecular flexibility index (Phi) is 9.71. The van der Waals surface area contributed by atoms with Crippen molar-refractivity contribution in [2.75, 3.05) is 10.6 Å². The fourth-order valence-corrected chi connectivity index (χ4v) is 5.46. The van der Waals surface area contributed by atoms with Crippen molar-refractivity contribution in [3.05, 3.63) is 143 Å². The summed E-state index contributed by atoms with van der Waals surface area (Å²) in [5, 5.41) is 10.3. The highest BCUT2D eigenvalue weighted by Crippen LogP contribution is 2.27. The first-order valence-corrected chi connectivity index (χ1v) is 15.2. The lowest BCUT2D eigenvalue weighted by Crippen LogP contribution is -2.30. The van der Waals surface area contributed by atoms with Crippen molar-refractivity contribution in [3.63, 3.8) is 0 Å². The number of halogens is 1. The van der Waals surface area contributed by atoms with E-state index in [1.165, 1.54) is 11.8 Å². The number of hydrogen-bond donors (Lipinski definition) is 3. The zero-order valence-corrected chi connectivity index (χ0v) is 25.6. The summed E-state index contributed by atoms with van der Waals surface area (Å²) in [6.45, 7) is 1.84. The van der Waals surface area contributed by atoms with E-state index in [-0.39, 0.29) is 22.8 Å². The Balaban J connectivity index is 1.30. The average molecular weight is 651 g/mol. The van der Waals surface area contributed by atoms with Crippen LogP contribution >= 0.6 is 27.7 Å². The Morgan fingerprint density at radius 3 is 2.09 bits per heavy atom. The summed E-state index contributed by atoms with van der Waals surface area (Å²) in [6, 6.07) is 37.1. The summed E-state index contributed by atoms with van der Waals surface area (Å²) in [7, 11) is 0. The first-order valence-electron chi connectivity index (χ1n) is 13.6. The van der Waals surface area contributed by atoms with Crippen molar-refractivity contribution in [2.45, 2.75) is 17.1 Å². The molecule has 0 saturated heterocycles. The van der Waals surface area contributed by atoms with E-state index < -0.39 is 5.91 Å². The number of fused-ring (bicyclic) bond motifs is 1. The third-order valence-electron chi connectivity index (χ3n) is 6.56. The molecule has 0 radical (unpaired) electrons. The molecule has 0 heterocycles. The highest BCUT2D eigenvalue weighted by molar-refractivity contribution is 9.10. The molecule has 5 aromatic carbocycles. The molecule has 8 heteroatoms. The zero-order chi connectivity index (χ0) is 30.2. The van der Waals surface area contributed by atoms with Crippen molar-refractivity contribution in [3.8, 4) is 0 Å². The number of nitrogens with one attached hydrogen (secondary N) is 3. The van der Waals surface area contributed by atoms with Gasteiger partial charge in [-0.15, -0.1) is 11.8 Å². The van der Waals surface area contributed by atoms with Crippen LogP contribution in [0.2, 0.25) is 0 Å². The average Bonchev–Trinajstić information content (AvgIpc) is 3.03. The Labute approximate surface area is 262 Å². The summed E-state index contributed by atoms with van der Waals surface area (Å²) in [5.74, 6) is -0.952. The number of rotatable bonds is 9. The van der Waals surface area contributed by atoms with Gasteiger partial charge in [-0.25, -0.2) is 0 Å². The highest BCUT2D eigenvalue weighted by Gasteiger charge is 2.17. The Hall–Kier alpha value is -4.66. The van der Waals surface area contributed by atoms with Crippen LogP contribution in [0.3, 0.4) is 0 Å². The molecule has 214 valence electrons. The van der Waals surface area contributed by atoms with E-state index in [1.807, 2.05) is 91.9 Å². The number of amides is 3. The van der Waals surface area contributed by atoms with Gasteiger partial charge in [-0.1, -0.05) is 76.6 Å². The van der Waals surface area contributed by atoms with Crippen LogP contribution in [0, 0.1) is 0 Å². The molecule has 0 aromatic heterocycles. The minimum absolute atomic E-state index is 0.109. The van der Waals surface area contributed by atoms with Gasteiger partial charge in [0, 0.05) is 26.3 Å². The van der Waals surface area contributed by atoms with Gasteiger partial charge in [0.1, 0.15) is 5.70 Å². The van der Waals surface area contributed by atoms with Gasteiger partial charge in [0.05, 0.1) is 5.25 Å². The van der Waals surface area contributed by atoms with E-state index in [1.54, 1.807) is 42.5 Å². The molecule has 0 spiro atoms. The minimum Gasteiger partial charge on any atom is -0.325 e. The van der Waals surface area contributed by atoms with Crippen LogP contribution in [0.5, 0.6) is 0 Å². The molecule has 0 saturated carbocycles. The smallest absolute Gasteiger partial charge is 0.272 e. The number of carbonyl (C=O) groups excluding carboxylic acids is 3. The number of benzene rings is 5. The topological polar surface area (TPSA) is 87.3 Å². The maximum absolute atomic E-state index is 13.5. The van der Waals surface area contributed by atoms with Gasteiger partial charge in [0.15, 0.2) is 0 Å². The standard InChI is InChI=1S/C35H28BrN3O3S/c1-23(33(40)37-28-16-14-27(36)15-17-28)43-30-20-18-29(19-21-30)38-35(42)32(39-34(41)25-9-3-2-4-10-25)22-26-12-7-11-24-8-5-6-13-31(24)26/h2-23H,1H3,(H,37,40)(H,38,42)(H,39,41)/b32-22-. The zero-order valence-electron chi connectivity index (χ0n) is 23.2. The quantitative estimate of drug-likeness (QED) is 0.111. The molecule has 5 aromatic rings. The summed E-state index contributed by atoms with van der Waals surface area (Å²) in [6.07, 6.45) is 1.69. The fourth-order valence-electron chi connectivity index (χ4n) is 4.32. The molecule has 6 nitrogen and oxygen atoms in total. The molecule has 1 atom stereocenters. The van der Waals surface area contributed by atoms with Gasteiger partial charge in [-0.2, -0.15) is 0 Å². The Bertz CT molecular complexity index is 1780. The van der Waals surface area contributed by atoms with Gasteiger partial charge < -0.3 is 16.0 Å². The lowest BCUT2D eigenvalue weighted by Gasteiger charge is -2.14. The lowest BCUT2D eigenvalue weighted by atomic mass is 10.0. The van der Waals surface area contributed by atoms with Crippen molar-refractivity contribution < 1.29 is 14.4 Å². The van der Waals surface area contributed by atoms with Crippen LogP contribution in [0.25, 0.3) is 16.8 Å². The van der Waals surface area contributed by atoms with E-state index in [9.17, 15) is 14.4 Å². The number of thioether (sulfide) groups is 1. The summed E-state index contributed by atoms with van der Waals surface area (Å²) in [5.41, 5.74) is 2.64. The Morgan fingerprint density at radius 2 is 1.35 bits per heavy atom. The summed E-state index contributed by atoms with van der Waals surface area (Å²) < 4.78 is 0.940. The monoisotopic (exact) mass is 649 g/mol. The third kappa shape index (κ3) is 8.00. The molecule has 0 bridgehead atoms. The molecule has 3 N–H and O–H groups in total. The second-order valence-electron chi connectivity index (χ2n) is 9.68. The lowest BCUT2D eigenvalue weighted by molar-refractivity contribution is -0.115. The number of anilines is 2. The SMILES string of the molecule is CC(Sc1ccc(NC(=O)/C(=C/c2cccc3ccccc23)NC(=O)c2ccccc2)cc1)C(=O)Nc1ccc(Br)cc1. The van der Waals surface area contributed by atoms with Gasteiger partial charge in [-0.05, 0) is 90.0 Å². The van der Waals surface area contributed by atoms with Gasteiger partial charge >= 0.3 is 0 Å². The molecule has 0 aliphatic heterocycles. The predicted molar refractivity (Wildman–Crippen MR) is 179 cm³/mol. The molecule has 1 unspecified atom stereocenters. The molecule has 0 aliphatic carbocycles. The highest BCUT2D eigenvalue weighted by atomic mass is 79.9. The predicted octanol–water partition coefficient (Wildman–Crippen LogP) is 8.13. The van der Waals surface area contributed by atoms with Gasteiger partial charge in [0.2, 0.25) is 5.91 Å². The molecule has 3 amide bonds. The van der Waals surface area contributed by atoms with Crippen LogP contribution in [0.1, 0.15) is 22.8 Å². The largest absolute Gasteiger partial charge is 0.325 e. The number of hydrogen-bond acceptors (Lipinski definition) is 4. The van der Waals surface area contributed by atoms with E-state index in [4.69, 9.17) is 0 Å². The normalized spacial score (nSPS) is 11.9. The van der Waals surface area contributed by atoms with Crippen molar-refractivity contribution >= 4 is 73.6 Å². The number of carbonyl (C=O) groups is 3. The summed E-state index contributed by atoms with van der Waals surface area (Å²) >= 11 is 4.81. The first kappa shape index (κ1) is 29.8. The third-order valence-corrected chi connectivity index (χ3v) is 8.20. The molecule has 43 heavy (non-hydrogen) atoms. The van der Waals surface area contributed by atoms with Gasteiger partial charge in [0.25, 0.3) is 11.8 Å². The van der Waals surface area contributed by atoms with Crippen molar-refractivity contribution in [1.29, 1.82) is 0 Å². The van der Waals surface area contributed by atoms with Crippen LogP contribution in [-0.2, 0) is 9.59 Å². The maximum Gasteiger partial charge on any atom is 0.272 e. The van der Waals surface area contributed by atoms with E-state index in [0.717, 1.165) is 31.4 Å². The summed E-state index contributed by atoms with van der Waals surface area (Å²) in [4.78, 5) is 40.1. The van der Waals surface area contributed by atoms with Crippen LogP contribution in [0.15, 0.2) is 136 Å². The molecular formula is C35H28BrN3O3S. The van der Waals surface area contributed by atoms with E-state index >= 15 is 0 Å².